The van der Waals surface area contributed by atoms with Crippen molar-refractivity contribution in [1.82, 2.24) is 9.97 Å². The second-order valence-corrected chi connectivity index (χ2v) is 6.24. The average Bonchev–Trinajstić information content (AvgIpc) is 2.71. The normalized spacial score (nSPS) is 11.8. The zero-order valence-corrected chi connectivity index (χ0v) is 15.3. The molecule has 0 unspecified atom stereocenters. The molecule has 0 aliphatic rings. The summed E-state index contributed by atoms with van der Waals surface area (Å²) in [5, 5.41) is 11.5. The molecule has 3 aromatic rings. The van der Waals surface area contributed by atoms with E-state index in [9.17, 15) is 30.7 Å². The van der Waals surface area contributed by atoms with Gasteiger partial charge in [-0.05, 0) is 29.8 Å². The predicted molar refractivity (Wildman–Crippen MR) is 95.9 cm³/mol. The van der Waals surface area contributed by atoms with Crippen LogP contribution in [0.5, 0.6) is 0 Å². The monoisotopic (exact) mass is 440 g/mol. The number of aromatic nitrogens is 2. The van der Waals surface area contributed by atoms with Gasteiger partial charge in [0, 0.05) is 11.8 Å². The quantitative estimate of drug-likeness (QED) is 0.521. The molecule has 0 radical (unpaired) electrons. The van der Waals surface area contributed by atoms with Crippen molar-refractivity contribution in [3.05, 3.63) is 77.0 Å². The molecule has 2 aromatic heterocycles. The van der Waals surface area contributed by atoms with Gasteiger partial charge in [-0.2, -0.15) is 31.6 Å². The fourth-order valence-corrected chi connectivity index (χ4v) is 2.79. The van der Waals surface area contributed by atoms with Crippen LogP contribution in [0.3, 0.4) is 0 Å². The SMILES string of the molecule is N#Cc1c(C(F)(F)F)cc(C(F)(F)F)nc1NCc1ncccc1-c1ccc(F)cc1. The number of pyridine rings is 2. The molecule has 1 N–H and O–H groups in total. The summed E-state index contributed by atoms with van der Waals surface area (Å²) in [4.78, 5) is 7.26. The molecule has 0 aliphatic heterocycles. The van der Waals surface area contributed by atoms with Gasteiger partial charge in [-0.3, -0.25) is 4.98 Å². The lowest BCUT2D eigenvalue weighted by atomic mass is 10.0. The van der Waals surface area contributed by atoms with Crippen molar-refractivity contribution in [3.63, 3.8) is 0 Å². The molecule has 1 aromatic carbocycles. The maximum Gasteiger partial charge on any atom is 0.433 e. The molecular formula is C20H11F7N4. The molecule has 0 fully saturated rings. The summed E-state index contributed by atoms with van der Waals surface area (Å²) >= 11 is 0. The Balaban J connectivity index is 2.03. The first-order valence-corrected chi connectivity index (χ1v) is 8.54. The Morgan fingerprint density at radius 1 is 0.968 bits per heavy atom. The second kappa shape index (κ2) is 8.22. The van der Waals surface area contributed by atoms with Gasteiger partial charge < -0.3 is 5.32 Å². The van der Waals surface area contributed by atoms with Crippen LogP contribution in [0.2, 0.25) is 0 Å². The van der Waals surface area contributed by atoms with E-state index in [-0.39, 0.29) is 18.3 Å². The van der Waals surface area contributed by atoms with Gasteiger partial charge in [-0.25, -0.2) is 9.37 Å². The van der Waals surface area contributed by atoms with Crippen molar-refractivity contribution in [2.45, 2.75) is 18.9 Å². The number of nitrogens with zero attached hydrogens (tertiary/aromatic N) is 3. The number of alkyl halides is 6. The summed E-state index contributed by atoms with van der Waals surface area (Å²) in [5.74, 6) is -1.36. The number of anilines is 1. The summed E-state index contributed by atoms with van der Waals surface area (Å²) in [6.07, 6.45) is -8.99. The number of benzene rings is 1. The third kappa shape index (κ3) is 4.91. The summed E-state index contributed by atoms with van der Waals surface area (Å²) in [6.45, 7) is -0.339. The first-order valence-electron chi connectivity index (χ1n) is 8.54. The molecule has 0 saturated carbocycles. The molecule has 0 saturated heterocycles. The van der Waals surface area contributed by atoms with Crippen molar-refractivity contribution in [2.24, 2.45) is 0 Å². The van der Waals surface area contributed by atoms with Crippen LogP contribution in [0.1, 0.15) is 22.5 Å². The summed E-state index contributed by atoms with van der Waals surface area (Å²) in [7, 11) is 0. The summed E-state index contributed by atoms with van der Waals surface area (Å²) in [5.41, 5.74) is -3.37. The van der Waals surface area contributed by atoms with Gasteiger partial charge in [0.15, 0.2) is 0 Å². The number of nitriles is 1. The van der Waals surface area contributed by atoms with Crippen LogP contribution in [0.25, 0.3) is 11.1 Å². The second-order valence-electron chi connectivity index (χ2n) is 6.24. The van der Waals surface area contributed by atoms with Crippen molar-refractivity contribution in [1.29, 1.82) is 5.26 Å². The molecule has 0 atom stereocenters. The van der Waals surface area contributed by atoms with Crippen molar-refractivity contribution in [3.8, 4) is 17.2 Å². The van der Waals surface area contributed by atoms with Crippen LogP contribution in [-0.4, -0.2) is 9.97 Å². The molecule has 0 amide bonds. The van der Waals surface area contributed by atoms with Crippen LogP contribution in [0.4, 0.5) is 36.6 Å². The molecule has 11 heteroatoms. The number of halogens is 7. The Morgan fingerprint density at radius 3 is 2.23 bits per heavy atom. The zero-order valence-electron chi connectivity index (χ0n) is 15.3. The number of rotatable bonds is 4. The highest BCUT2D eigenvalue weighted by Gasteiger charge is 2.41. The van der Waals surface area contributed by atoms with E-state index >= 15 is 0 Å². The minimum Gasteiger partial charge on any atom is -0.363 e. The van der Waals surface area contributed by atoms with E-state index in [1.54, 1.807) is 12.1 Å². The van der Waals surface area contributed by atoms with Gasteiger partial charge in [0.25, 0.3) is 0 Å². The first kappa shape index (κ1) is 22.0. The smallest absolute Gasteiger partial charge is 0.363 e. The Labute approximate surface area is 171 Å². The highest BCUT2D eigenvalue weighted by molar-refractivity contribution is 5.66. The van der Waals surface area contributed by atoms with Gasteiger partial charge in [0.2, 0.25) is 0 Å². The third-order valence-corrected chi connectivity index (χ3v) is 4.20. The minimum atomic E-state index is -5.20. The molecule has 160 valence electrons. The van der Waals surface area contributed by atoms with Crippen LogP contribution >= 0.6 is 0 Å². The maximum absolute atomic E-state index is 13.2. The average molecular weight is 440 g/mol. The topological polar surface area (TPSA) is 61.6 Å². The lowest BCUT2D eigenvalue weighted by Crippen LogP contribution is -2.18. The predicted octanol–water partition coefficient (Wildman–Crippen LogP) is 5.80. The maximum atomic E-state index is 13.2. The third-order valence-electron chi connectivity index (χ3n) is 4.20. The number of hydrogen-bond acceptors (Lipinski definition) is 4. The standard InChI is InChI=1S/C20H11F7N4/c21-12-5-3-11(4-6-12)13-2-1-7-29-16(13)10-30-18-14(9-28)15(19(22,23)24)8-17(31-18)20(25,26)27/h1-8H,10H2,(H,30,31). The molecule has 0 aliphatic carbocycles. The van der Waals surface area contributed by atoms with Gasteiger partial charge >= 0.3 is 12.4 Å². The van der Waals surface area contributed by atoms with E-state index < -0.39 is 40.8 Å². The molecule has 0 spiro atoms. The van der Waals surface area contributed by atoms with Crippen LogP contribution in [0.15, 0.2) is 48.7 Å². The largest absolute Gasteiger partial charge is 0.433 e. The first-order chi connectivity index (χ1) is 14.5. The van der Waals surface area contributed by atoms with Crippen LogP contribution < -0.4 is 5.32 Å². The van der Waals surface area contributed by atoms with E-state index in [2.05, 4.69) is 15.3 Å². The lowest BCUT2D eigenvalue weighted by molar-refractivity contribution is -0.145. The van der Waals surface area contributed by atoms with E-state index in [1.165, 1.54) is 36.5 Å². The van der Waals surface area contributed by atoms with Crippen molar-refractivity contribution >= 4 is 5.82 Å². The van der Waals surface area contributed by atoms with Gasteiger partial charge in [-0.1, -0.05) is 18.2 Å². The molecule has 4 nitrogen and oxygen atoms in total. The van der Waals surface area contributed by atoms with E-state index in [0.29, 0.717) is 11.1 Å². The summed E-state index contributed by atoms with van der Waals surface area (Å²) in [6, 6.07) is 9.50. The van der Waals surface area contributed by atoms with Gasteiger partial charge in [-0.15, -0.1) is 0 Å². The van der Waals surface area contributed by atoms with Crippen molar-refractivity contribution < 1.29 is 30.7 Å². The van der Waals surface area contributed by atoms with Gasteiger partial charge in [0.05, 0.1) is 17.8 Å². The van der Waals surface area contributed by atoms with E-state index in [1.807, 2.05) is 0 Å². The molecule has 31 heavy (non-hydrogen) atoms. The highest BCUT2D eigenvalue weighted by atomic mass is 19.4. The van der Waals surface area contributed by atoms with E-state index in [0.717, 1.165) is 0 Å². The zero-order chi connectivity index (χ0) is 22.8. The van der Waals surface area contributed by atoms with Crippen molar-refractivity contribution in [2.75, 3.05) is 5.32 Å². The van der Waals surface area contributed by atoms with E-state index in [4.69, 9.17) is 5.26 Å². The Kier molecular flexibility index (Phi) is 5.83. The fraction of sp³-hybridized carbons (Fsp3) is 0.150. The highest BCUT2D eigenvalue weighted by Crippen LogP contribution is 2.38. The Morgan fingerprint density at radius 2 is 1.65 bits per heavy atom. The fourth-order valence-electron chi connectivity index (χ4n) is 2.79. The minimum absolute atomic E-state index is 0.200. The molecular weight excluding hydrogens is 429 g/mol. The Bertz CT molecular complexity index is 1130. The van der Waals surface area contributed by atoms with Crippen LogP contribution in [0, 0.1) is 17.1 Å². The molecule has 0 bridgehead atoms. The number of hydrogen-bond donors (Lipinski definition) is 1. The van der Waals surface area contributed by atoms with Gasteiger partial charge in [0.1, 0.15) is 29.0 Å². The number of nitrogens with one attached hydrogen (secondary N) is 1. The summed E-state index contributed by atoms with van der Waals surface area (Å²) < 4.78 is 92.1. The molecule has 2 heterocycles. The molecule has 3 rings (SSSR count). The lowest BCUT2D eigenvalue weighted by Gasteiger charge is -2.17. The Hall–Kier alpha value is -3.68. The van der Waals surface area contributed by atoms with Crippen LogP contribution in [-0.2, 0) is 18.9 Å².